The van der Waals surface area contributed by atoms with Gasteiger partial charge < -0.3 is 9.84 Å². The van der Waals surface area contributed by atoms with Gasteiger partial charge in [0.05, 0.1) is 9.79 Å². The molecule has 31 heavy (non-hydrogen) atoms. The summed E-state index contributed by atoms with van der Waals surface area (Å²) < 4.78 is 58.3. The minimum atomic E-state index is -4.06. The molecule has 0 aliphatic heterocycles. The molecule has 0 bridgehead atoms. The zero-order valence-corrected chi connectivity index (χ0v) is 18.2. The van der Waals surface area contributed by atoms with Gasteiger partial charge in [-0.15, -0.1) is 0 Å². The molecule has 0 unspecified atom stereocenters. The molecule has 1 N–H and O–H groups in total. The van der Waals surface area contributed by atoms with Gasteiger partial charge in [-0.1, -0.05) is 25.4 Å². The molecule has 0 amide bonds. The van der Waals surface area contributed by atoms with Crippen LogP contribution in [-0.2, 0) is 14.6 Å². The number of carbonyl (C=O) groups is 1. The van der Waals surface area contributed by atoms with Crippen molar-refractivity contribution in [3.63, 3.8) is 0 Å². The Morgan fingerprint density at radius 3 is 2.13 bits per heavy atom. The van der Waals surface area contributed by atoms with E-state index >= 15 is 0 Å². The molecule has 0 aromatic heterocycles. The Morgan fingerprint density at radius 2 is 1.55 bits per heavy atom. The first-order chi connectivity index (χ1) is 14.7. The summed E-state index contributed by atoms with van der Waals surface area (Å²) in [6, 6.07) is 11.6. The molecule has 0 atom stereocenters. The summed E-state index contributed by atoms with van der Waals surface area (Å²) in [4.78, 5) is 10.2. The van der Waals surface area contributed by atoms with Crippen LogP contribution in [-0.4, -0.2) is 26.1 Å². The summed E-state index contributed by atoms with van der Waals surface area (Å²) >= 11 is 5.96. The smallest absolute Gasteiger partial charge is 0.341 e. The van der Waals surface area contributed by atoms with Crippen molar-refractivity contribution in [2.24, 2.45) is 0 Å². The van der Waals surface area contributed by atoms with Crippen LogP contribution >= 0.6 is 11.6 Å². The van der Waals surface area contributed by atoms with Crippen LogP contribution in [0.2, 0.25) is 5.02 Å². The highest BCUT2D eigenvalue weighted by Crippen LogP contribution is 2.35. The molecule has 3 rings (SSSR count). The predicted molar refractivity (Wildman–Crippen MR) is 113 cm³/mol. The monoisotopic (exact) mass is 468 g/mol. The second-order valence-corrected chi connectivity index (χ2v) is 8.31. The van der Waals surface area contributed by atoms with Crippen LogP contribution in [0.5, 0.6) is 5.75 Å². The normalized spacial score (nSPS) is 10.7. The van der Waals surface area contributed by atoms with Crippen LogP contribution in [0.4, 0.5) is 8.78 Å². The van der Waals surface area contributed by atoms with E-state index in [-0.39, 0.29) is 31.7 Å². The third-order valence-corrected chi connectivity index (χ3v) is 5.96. The fraction of sp³-hybridized carbons (Fsp3) is 0.136. The van der Waals surface area contributed by atoms with Crippen molar-refractivity contribution in [3.05, 3.63) is 77.3 Å². The fourth-order valence-electron chi connectivity index (χ4n) is 2.61. The molecule has 0 aliphatic rings. The van der Waals surface area contributed by atoms with Crippen molar-refractivity contribution in [2.75, 3.05) is 6.61 Å². The van der Waals surface area contributed by atoms with Gasteiger partial charge in [0.25, 0.3) is 0 Å². The number of carboxylic acid groups (broad SMARTS) is 1. The van der Waals surface area contributed by atoms with E-state index in [9.17, 15) is 22.0 Å². The van der Waals surface area contributed by atoms with E-state index in [0.29, 0.717) is 0 Å². The lowest BCUT2D eigenvalue weighted by molar-refractivity contribution is -0.139. The van der Waals surface area contributed by atoms with E-state index in [1.165, 1.54) is 30.3 Å². The van der Waals surface area contributed by atoms with Crippen molar-refractivity contribution in [3.8, 4) is 16.9 Å². The van der Waals surface area contributed by atoms with Gasteiger partial charge in [-0.25, -0.2) is 22.0 Å². The lowest BCUT2D eigenvalue weighted by Crippen LogP contribution is -2.10. The second-order valence-electron chi connectivity index (χ2n) is 5.92. The van der Waals surface area contributed by atoms with Gasteiger partial charge in [-0.2, -0.15) is 0 Å². The molecule has 164 valence electrons. The highest BCUT2D eigenvalue weighted by Gasteiger charge is 2.21. The Morgan fingerprint density at radius 1 is 0.935 bits per heavy atom. The number of carboxylic acids is 1. The standard InChI is InChI=1S/C20H13ClF2O5S.C2H6/c21-12-1-8-19(28-11-20(24)25)17(9-12)16-7-6-15(10-18(16)23)29(26,27)14-4-2-13(22)3-5-14;1-2/h1-10H,11H2,(H,24,25);1-2H3. The molecule has 0 fully saturated rings. The SMILES string of the molecule is CC.O=C(O)COc1ccc(Cl)cc1-c1ccc(S(=O)(=O)c2ccc(F)cc2)cc1F. The summed E-state index contributed by atoms with van der Waals surface area (Å²) in [5.41, 5.74) is 0.146. The van der Waals surface area contributed by atoms with Crippen molar-refractivity contribution in [1.29, 1.82) is 0 Å². The Bertz CT molecular complexity index is 1180. The van der Waals surface area contributed by atoms with Gasteiger partial charge in [0, 0.05) is 16.1 Å². The predicted octanol–water partition coefficient (Wildman–Crippen LogP) is 5.61. The molecule has 3 aromatic rings. The lowest BCUT2D eigenvalue weighted by atomic mass is 10.0. The molecule has 9 heteroatoms. The first-order valence-electron chi connectivity index (χ1n) is 9.13. The lowest BCUT2D eigenvalue weighted by Gasteiger charge is -2.13. The largest absolute Gasteiger partial charge is 0.481 e. The van der Waals surface area contributed by atoms with Crippen LogP contribution in [0, 0.1) is 11.6 Å². The Labute approximate surface area is 183 Å². The van der Waals surface area contributed by atoms with Gasteiger partial charge in [-0.05, 0) is 60.7 Å². The first kappa shape index (κ1) is 24.3. The van der Waals surface area contributed by atoms with E-state index in [1.54, 1.807) is 0 Å². The minimum absolute atomic E-state index is 0.0223. The highest BCUT2D eigenvalue weighted by molar-refractivity contribution is 7.91. The number of aliphatic carboxylic acids is 1. The third-order valence-electron chi connectivity index (χ3n) is 3.96. The average Bonchev–Trinajstić information content (AvgIpc) is 2.74. The minimum Gasteiger partial charge on any atom is -0.481 e. The summed E-state index contributed by atoms with van der Waals surface area (Å²) in [6.45, 7) is 3.35. The first-order valence-corrected chi connectivity index (χ1v) is 11.0. The molecule has 0 aliphatic carbocycles. The Kier molecular flexibility index (Phi) is 8.13. The van der Waals surface area contributed by atoms with Gasteiger partial charge in [-0.3, -0.25) is 0 Å². The van der Waals surface area contributed by atoms with Crippen LogP contribution in [0.25, 0.3) is 11.1 Å². The van der Waals surface area contributed by atoms with Gasteiger partial charge in [0.2, 0.25) is 9.84 Å². The molecule has 0 saturated heterocycles. The topological polar surface area (TPSA) is 80.7 Å². The van der Waals surface area contributed by atoms with Crippen LogP contribution in [0.15, 0.2) is 70.5 Å². The maximum absolute atomic E-state index is 14.8. The molecule has 0 saturated carbocycles. The molecular formula is C22H19ClF2O5S. The van der Waals surface area contributed by atoms with Crippen molar-refractivity contribution >= 4 is 27.4 Å². The second kappa shape index (κ2) is 10.4. The van der Waals surface area contributed by atoms with Gasteiger partial charge >= 0.3 is 5.97 Å². The number of hydrogen-bond donors (Lipinski definition) is 1. The van der Waals surface area contributed by atoms with Crippen molar-refractivity contribution in [2.45, 2.75) is 23.6 Å². The number of hydrogen-bond acceptors (Lipinski definition) is 4. The Hall–Kier alpha value is -2.97. The van der Waals surface area contributed by atoms with Crippen LogP contribution in [0.3, 0.4) is 0 Å². The van der Waals surface area contributed by atoms with Crippen molar-refractivity contribution < 1.29 is 31.8 Å². The van der Waals surface area contributed by atoms with Crippen LogP contribution < -0.4 is 4.74 Å². The molecule has 5 nitrogen and oxygen atoms in total. The number of ether oxygens (including phenoxy) is 1. The average molecular weight is 469 g/mol. The zero-order chi connectivity index (χ0) is 23.2. The van der Waals surface area contributed by atoms with E-state index in [1.807, 2.05) is 13.8 Å². The zero-order valence-electron chi connectivity index (χ0n) is 16.6. The maximum atomic E-state index is 14.8. The van der Waals surface area contributed by atoms with Crippen molar-refractivity contribution in [1.82, 2.24) is 0 Å². The number of benzene rings is 3. The number of sulfone groups is 1. The summed E-state index contributed by atoms with van der Waals surface area (Å²) in [6.07, 6.45) is 0. The fourth-order valence-corrected chi connectivity index (χ4v) is 4.05. The highest BCUT2D eigenvalue weighted by atomic mass is 35.5. The number of rotatable bonds is 6. The molecule has 0 heterocycles. The molecule has 0 radical (unpaired) electrons. The maximum Gasteiger partial charge on any atom is 0.341 e. The quantitative estimate of drug-likeness (QED) is 0.476. The van der Waals surface area contributed by atoms with E-state index in [0.717, 1.165) is 30.3 Å². The summed E-state index contributed by atoms with van der Waals surface area (Å²) in [7, 11) is -4.06. The van der Waals surface area contributed by atoms with E-state index in [2.05, 4.69) is 0 Å². The summed E-state index contributed by atoms with van der Waals surface area (Å²) in [5.74, 6) is -2.62. The van der Waals surface area contributed by atoms with Gasteiger partial charge in [0.1, 0.15) is 17.4 Å². The third kappa shape index (κ3) is 5.80. The number of halogens is 3. The Balaban J connectivity index is 0.00000166. The molecule has 0 spiro atoms. The van der Waals surface area contributed by atoms with E-state index in [4.69, 9.17) is 21.4 Å². The van der Waals surface area contributed by atoms with E-state index < -0.39 is 34.0 Å². The molecular weight excluding hydrogens is 450 g/mol. The van der Waals surface area contributed by atoms with Crippen LogP contribution in [0.1, 0.15) is 13.8 Å². The summed E-state index contributed by atoms with van der Waals surface area (Å²) in [5, 5.41) is 9.04. The van der Waals surface area contributed by atoms with Gasteiger partial charge in [0.15, 0.2) is 6.61 Å². The molecule has 3 aromatic carbocycles.